The van der Waals surface area contributed by atoms with Gasteiger partial charge in [-0.2, -0.15) is 0 Å². The van der Waals surface area contributed by atoms with E-state index >= 15 is 0 Å². The first kappa shape index (κ1) is 39.2. The number of likely N-dealkylation sites (tertiary alicyclic amines) is 2. The number of amides is 3. The van der Waals surface area contributed by atoms with Crippen LogP contribution in [-0.4, -0.2) is 101 Å². The number of carbonyl (C=O) groups excluding carboxylic acids is 3. The summed E-state index contributed by atoms with van der Waals surface area (Å²) in [5, 5.41) is 4.64. The molecule has 5 atom stereocenters. The smallest absolute Gasteiger partial charge is 0.407 e. The predicted octanol–water partition coefficient (Wildman–Crippen LogP) is 6.88. The predicted molar refractivity (Wildman–Crippen MR) is 225 cm³/mol. The van der Waals surface area contributed by atoms with Crippen LogP contribution in [0.25, 0.3) is 44.2 Å². The summed E-state index contributed by atoms with van der Waals surface area (Å²) < 4.78 is 22.3. The van der Waals surface area contributed by atoms with Crippen molar-refractivity contribution in [3.63, 3.8) is 0 Å². The Balaban J connectivity index is 0.972. The van der Waals surface area contributed by atoms with Crippen LogP contribution >= 0.6 is 0 Å². The summed E-state index contributed by atoms with van der Waals surface area (Å²) in [6.07, 6.45) is 4.65. The highest BCUT2D eigenvalue weighted by Gasteiger charge is 2.42. The lowest BCUT2D eigenvalue weighted by Crippen LogP contribution is -2.54. The van der Waals surface area contributed by atoms with Crippen LogP contribution in [0.15, 0.2) is 79.0 Å². The van der Waals surface area contributed by atoms with E-state index in [4.69, 9.17) is 28.9 Å². The second-order valence-electron chi connectivity index (χ2n) is 15.9. The van der Waals surface area contributed by atoms with Crippen molar-refractivity contribution >= 4 is 39.7 Å². The number of benzene rings is 4. The van der Waals surface area contributed by atoms with E-state index in [1.165, 1.54) is 14.2 Å². The van der Waals surface area contributed by atoms with E-state index < -0.39 is 18.2 Å². The fourth-order valence-electron chi connectivity index (χ4n) is 9.04. The second kappa shape index (κ2) is 16.4. The molecule has 3 aliphatic heterocycles. The molecular formula is C46H48N7O7. The van der Waals surface area contributed by atoms with E-state index in [1.807, 2.05) is 47.5 Å². The molecule has 2 saturated heterocycles. The van der Waals surface area contributed by atoms with Crippen molar-refractivity contribution < 1.29 is 33.3 Å². The van der Waals surface area contributed by atoms with Crippen molar-refractivity contribution in [3.8, 4) is 28.1 Å². The summed E-state index contributed by atoms with van der Waals surface area (Å²) in [6, 6.07) is 22.9. The van der Waals surface area contributed by atoms with Crippen molar-refractivity contribution in [1.82, 2.24) is 35.1 Å². The standard InChI is InChI=1S/C46H48N7O7/c1-26(58-3)41(51-46(56)59-4)45(55)53-23-28(24-57-2)17-38(53)44-48-35-15-13-29-20-34-32-14-12-30(19-31(32)25-60-39(34)21-33(29)42(35)50-44)36-22-47-43(49-36)37-11-8-16-52(37)40(54)18-27-9-6-5-7-10-27/h5-7,9-10,12-15,18-22,26,28,37-38,41H,8,11,16-17,23-25H2,1-4H3,(H,47,49)(H,48,50)(H,51,56)/t26?,28-,37-,38-,41-/m0/s1. The summed E-state index contributed by atoms with van der Waals surface area (Å²) in [4.78, 5) is 60.2. The van der Waals surface area contributed by atoms with Crippen molar-refractivity contribution in [2.24, 2.45) is 5.92 Å². The largest absolute Gasteiger partial charge is 0.488 e. The Hall–Kier alpha value is -6.25. The number of rotatable bonds is 11. The maximum atomic E-state index is 14.1. The molecule has 1 unspecified atom stereocenters. The van der Waals surface area contributed by atoms with Gasteiger partial charge in [0.25, 0.3) is 0 Å². The van der Waals surface area contributed by atoms with Gasteiger partial charge < -0.3 is 44.0 Å². The minimum atomic E-state index is -0.958. The van der Waals surface area contributed by atoms with Gasteiger partial charge in [-0.3, -0.25) is 9.59 Å². The van der Waals surface area contributed by atoms with E-state index in [-0.39, 0.29) is 29.8 Å². The Labute approximate surface area is 347 Å². The number of methoxy groups -OCH3 is 3. The molecule has 2 aromatic heterocycles. The number of alkyl carbamates (subject to hydrolysis) is 1. The topological polar surface area (TPSA) is 164 Å². The molecule has 0 aliphatic carbocycles. The zero-order valence-electron chi connectivity index (χ0n) is 34.1. The number of aromatic nitrogens is 4. The Kier molecular flexibility index (Phi) is 10.7. The number of ether oxygens (including phenoxy) is 4. The Morgan fingerprint density at radius 3 is 2.62 bits per heavy atom. The molecule has 5 heterocycles. The second-order valence-corrected chi connectivity index (χ2v) is 15.9. The summed E-state index contributed by atoms with van der Waals surface area (Å²) in [6.45, 7) is 3.74. The van der Waals surface area contributed by atoms with Gasteiger partial charge in [0.2, 0.25) is 11.8 Å². The van der Waals surface area contributed by atoms with Gasteiger partial charge in [-0.05, 0) is 78.1 Å². The third-order valence-electron chi connectivity index (χ3n) is 12.2. The molecule has 9 rings (SSSR count). The lowest BCUT2D eigenvalue weighted by molar-refractivity contribution is -0.137. The molecule has 14 heteroatoms. The SMILES string of the molecule is COC[C@H]1C[C@@H](c2nc3ccc4cc5c(cc4c3[nH]2)OCc2cc(-c3cnc([C@@H]4CCCN4C(=O)[CH]c4ccccc4)[nH]3)ccc2-5)N(C(=O)[C@@H](NC(=O)OC)C(C)OC)C1. The maximum Gasteiger partial charge on any atom is 0.407 e. The van der Waals surface area contributed by atoms with E-state index in [0.717, 1.165) is 79.7 Å². The number of hydrogen-bond donors (Lipinski definition) is 3. The molecule has 309 valence electrons. The van der Waals surface area contributed by atoms with Crippen molar-refractivity contribution in [1.29, 1.82) is 0 Å². The van der Waals surface area contributed by atoms with Crippen LogP contribution in [0.5, 0.6) is 5.75 Å². The molecule has 0 saturated carbocycles. The average molecular weight is 811 g/mol. The first-order valence-electron chi connectivity index (χ1n) is 20.4. The zero-order chi connectivity index (χ0) is 41.5. The molecule has 3 amide bonds. The highest BCUT2D eigenvalue weighted by atomic mass is 16.5. The summed E-state index contributed by atoms with van der Waals surface area (Å²) in [5.74, 6) is 2.00. The summed E-state index contributed by atoms with van der Waals surface area (Å²) in [5.41, 5.74) is 7.56. The van der Waals surface area contributed by atoms with Crippen LogP contribution in [0.1, 0.15) is 61.0 Å². The lowest BCUT2D eigenvalue weighted by atomic mass is 9.92. The van der Waals surface area contributed by atoms with Gasteiger partial charge in [-0.25, -0.2) is 14.8 Å². The van der Waals surface area contributed by atoms with Crippen molar-refractivity contribution in [2.45, 2.75) is 57.0 Å². The van der Waals surface area contributed by atoms with Gasteiger partial charge in [-0.1, -0.05) is 48.5 Å². The first-order chi connectivity index (χ1) is 29.2. The van der Waals surface area contributed by atoms with Crippen molar-refractivity contribution in [2.75, 3.05) is 41.0 Å². The molecule has 14 nitrogen and oxygen atoms in total. The van der Waals surface area contributed by atoms with Gasteiger partial charge in [0.1, 0.15) is 30.0 Å². The van der Waals surface area contributed by atoms with Gasteiger partial charge in [0.05, 0.1) is 61.2 Å². The van der Waals surface area contributed by atoms with Crippen molar-refractivity contribution in [3.05, 3.63) is 108 Å². The van der Waals surface area contributed by atoms with E-state index in [0.29, 0.717) is 38.5 Å². The average Bonchev–Trinajstić information content (AvgIpc) is 4.11. The molecule has 1 radical (unpaired) electrons. The Morgan fingerprint density at radius 2 is 1.82 bits per heavy atom. The van der Waals surface area contributed by atoms with E-state index in [2.05, 4.69) is 51.7 Å². The van der Waals surface area contributed by atoms with E-state index in [1.54, 1.807) is 25.4 Å². The monoisotopic (exact) mass is 810 g/mol. The molecule has 60 heavy (non-hydrogen) atoms. The van der Waals surface area contributed by atoms with Crippen LogP contribution in [0.4, 0.5) is 4.79 Å². The van der Waals surface area contributed by atoms with Crippen LogP contribution in [0.3, 0.4) is 0 Å². The third-order valence-corrected chi connectivity index (χ3v) is 12.2. The van der Waals surface area contributed by atoms with Crippen LogP contribution in [0.2, 0.25) is 0 Å². The van der Waals surface area contributed by atoms with Gasteiger partial charge >= 0.3 is 6.09 Å². The number of aromatic amines is 2. The summed E-state index contributed by atoms with van der Waals surface area (Å²) >= 11 is 0. The number of H-pyrrole nitrogens is 2. The highest BCUT2D eigenvalue weighted by Crippen LogP contribution is 2.44. The number of fused-ring (bicyclic) bond motifs is 6. The van der Waals surface area contributed by atoms with E-state index in [9.17, 15) is 14.4 Å². The third kappa shape index (κ3) is 7.34. The molecular weight excluding hydrogens is 763 g/mol. The number of hydrogen-bond acceptors (Lipinski definition) is 9. The van der Waals surface area contributed by atoms with Gasteiger partial charge in [0.15, 0.2) is 0 Å². The number of nitrogens with one attached hydrogen (secondary N) is 3. The number of carbonyl (C=O) groups is 3. The summed E-state index contributed by atoms with van der Waals surface area (Å²) in [7, 11) is 4.41. The molecule has 6 aromatic rings. The van der Waals surface area contributed by atoms with Crippen LogP contribution in [0, 0.1) is 12.3 Å². The number of nitrogens with zero attached hydrogens (tertiary/aromatic N) is 4. The van der Waals surface area contributed by atoms with Crippen LogP contribution < -0.4 is 10.1 Å². The number of imidazole rings is 2. The normalized spacial score (nSPS) is 19.5. The Morgan fingerprint density at radius 1 is 0.967 bits per heavy atom. The molecule has 4 aromatic carbocycles. The molecule has 3 N–H and O–H groups in total. The lowest BCUT2D eigenvalue weighted by Gasteiger charge is -2.30. The quantitative estimate of drug-likeness (QED) is 0.127. The molecule has 0 spiro atoms. The first-order valence-corrected chi connectivity index (χ1v) is 20.4. The fourth-order valence-corrected chi connectivity index (χ4v) is 9.04. The minimum Gasteiger partial charge on any atom is -0.488 e. The van der Waals surface area contributed by atoms with Crippen LogP contribution in [-0.2, 0) is 30.4 Å². The van der Waals surface area contributed by atoms with Gasteiger partial charge in [0, 0.05) is 44.2 Å². The Bertz CT molecular complexity index is 2570. The highest BCUT2D eigenvalue weighted by molar-refractivity contribution is 6.07. The fraction of sp³-hybridized carbons (Fsp3) is 0.348. The zero-order valence-corrected chi connectivity index (χ0v) is 34.1. The molecule has 2 fully saturated rings. The molecule has 3 aliphatic rings. The minimum absolute atomic E-state index is 0.00606. The van der Waals surface area contributed by atoms with Gasteiger partial charge in [-0.15, -0.1) is 0 Å². The molecule has 0 bridgehead atoms. The maximum absolute atomic E-state index is 14.1.